The largest absolute Gasteiger partial charge is 0.369 e. The standard InChI is InChI=1S/C20H17N3O3/c1-14(24)17-7-8-18(19(13-17)23(25)26)22-20(15-5-3-2-4-6-15)16-9-11-21-12-10-16/h2-13,20,22H,1H3/t20-/m1/s1. The molecule has 0 unspecified atom stereocenters. The first-order valence-electron chi connectivity index (χ1n) is 8.07. The molecule has 0 fully saturated rings. The zero-order valence-corrected chi connectivity index (χ0v) is 14.1. The summed E-state index contributed by atoms with van der Waals surface area (Å²) in [5.41, 5.74) is 2.42. The monoisotopic (exact) mass is 347 g/mol. The molecule has 2 aromatic carbocycles. The molecule has 0 aliphatic rings. The smallest absolute Gasteiger partial charge is 0.293 e. The molecule has 0 spiro atoms. The molecule has 0 saturated carbocycles. The Hall–Kier alpha value is -3.54. The lowest BCUT2D eigenvalue weighted by atomic mass is 9.99. The van der Waals surface area contributed by atoms with Crippen LogP contribution in [0.25, 0.3) is 0 Å². The number of nitrogens with zero attached hydrogens (tertiary/aromatic N) is 2. The van der Waals surface area contributed by atoms with Crippen LogP contribution in [0.15, 0.2) is 73.1 Å². The summed E-state index contributed by atoms with van der Waals surface area (Å²) in [7, 11) is 0. The summed E-state index contributed by atoms with van der Waals surface area (Å²) in [5, 5.41) is 14.7. The average Bonchev–Trinajstić information content (AvgIpc) is 2.67. The van der Waals surface area contributed by atoms with Crippen LogP contribution in [0.3, 0.4) is 0 Å². The van der Waals surface area contributed by atoms with E-state index in [1.165, 1.54) is 13.0 Å². The first-order valence-corrected chi connectivity index (χ1v) is 8.07. The van der Waals surface area contributed by atoms with Crippen LogP contribution in [0.5, 0.6) is 0 Å². The Labute approximate surface area is 150 Å². The van der Waals surface area contributed by atoms with Gasteiger partial charge in [-0.1, -0.05) is 30.3 Å². The van der Waals surface area contributed by atoms with Crippen molar-refractivity contribution in [2.45, 2.75) is 13.0 Å². The molecule has 0 saturated heterocycles. The molecule has 0 amide bonds. The van der Waals surface area contributed by atoms with Gasteiger partial charge in [-0.3, -0.25) is 19.9 Å². The van der Waals surface area contributed by atoms with Crippen LogP contribution < -0.4 is 5.32 Å². The second-order valence-electron chi connectivity index (χ2n) is 5.81. The van der Waals surface area contributed by atoms with Gasteiger partial charge < -0.3 is 5.32 Å². The summed E-state index contributed by atoms with van der Waals surface area (Å²) in [6.07, 6.45) is 3.36. The van der Waals surface area contributed by atoms with Gasteiger partial charge in [0, 0.05) is 24.0 Å². The summed E-state index contributed by atoms with van der Waals surface area (Å²) in [4.78, 5) is 26.6. The van der Waals surface area contributed by atoms with Gasteiger partial charge in [0.25, 0.3) is 5.69 Å². The fourth-order valence-electron chi connectivity index (χ4n) is 2.74. The molecule has 1 N–H and O–H groups in total. The molecule has 0 bridgehead atoms. The Balaban J connectivity index is 2.05. The first-order chi connectivity index (χ1) is 12.6. The number of anilines is 1. The number of hydrogen-bond acceptors (Lipinski definition) is 5. The quantitative estimate of drug-likeness (QED) is 0.406. The number of pyridine rings is 1. The predicted molar refractivity (Wildman–Crippen MR) is 99.2 cm³/mol. The third-order valence-corrected chi connectivity index (χ3v) is 4.07. The molecule has 3 rings (SSSR count). The molecule has 1 aromatic heterocycles. The van der Waals surface area contributed by atoms with Crippen molar-refractivity contribution in [3.8, 4) is 0 Å². The van der Waals surface area contributed by atoms with Gasteiger partial charge >= 0.3 is 0 Å². The van der Waals surface area contributed by atoms with Crippen molar-refractivity contribution in [1.29, 1.82) is 0 Å². The number of nitro benzene ring substituents is 1. The maximum atomic E-state index is 11.5. The highest BCUT2D eigenvalue weighted by Crippen LogP contribution is 2.32. The SMILES string of the molecule is CC(=O)c1ccc(N[C@H](c2ccccc2)c2ccncc2)c([N+](=O)[O-])c1. The number of nitrogens with one attached hydrogen (secondary N) is 1. The molecular weight excluding hydrogens is 330 g/mol. The van der Waals surface area contributed by atoms with Crippen molar-refractivity contribution >= 4 is 17.2 Å². The lowest BCUT2D eigenvalue weighted by molar-refractivity contribution is -0.384. The number of benzene rings is 2. The molecule has 26 heavy (non-hydrogen) atoms. The molecule has 0 radical (unpaired) electrons. The van der Waals surface area contributed by atoms with E-state index in [-0.39, 0.29) is 17.5 Å². The molecule has 6 nitrogen and oxygen atoms in total. The van der Waals surface area contributed by atoms with Crippen LogP contribution >= 0.6 is 0 Å². The predicted octanol–water partition coefficient (Wildman–Crippen LogP) is 4.39. The number of nitro groups is 1. The van der Waals surface area contributed by atoms with E-state index in [0.717, 1.165) is 11.1 Å². The maximum absolute atomic E-state index is 11.5. The van der Waals surface area contributed by atoms with E-state index < -0.39 is 4.92 Å². The molecule has 1 heterocycles. The van der Waals surface area contributed by atoms with E-state index in [1.54, 1.807) is 24.5 Å². The fraction of sp³-hybridized carbons (Fsp3) is 0.100. The van der Waals surface area contributed by atoms with Crippen molar-refractivity contribution in [2.24, 2.45) is 0 Å². The average molecular weight is 347 g/mol. The number of Topliss-reactive ketones (excluding diaryl/α,β-unsaturated/α-hetero) is 1. The van der Waals surface area contributed by atoms with Crippen molar-refractivity contribution in [2.75, 3.05) is 5.32 Å². The first kappa shape index (κ1) is 17.3. The van der Waals surface area contributed by atoms with Crippen molar-refractivity contribution in [1.82, 2.24) is 4.98 Å². The zero-order valence-electron chi connectivity index (χ0n) is 14.1. The zero-order chi connectivity index (χ0) is 18.5. The summed E-state index contributed by atoms with van der Waals surface area (Å²) in [6.45, 7) is 1.38. The van der Waals surface area contributed by atoms with Crippen LogP contribution in [-0.2, 0) is 0 Å². The van der Waals surface area contributed by atoms with E-state index in [0.29, 0.717) is 11.3 Å². The third kappa shape index (κ3) is 3.75. The highest BCUT2D eigenvalue weighted by atomic mass is 16.6. The molecule has 6 heteroatoms. The van der Waals surface area contributed by atoms with Crippen LogP contribution in [0.4, 0.5) is 11.4 Å². The van der Waals surface area contributed by atoms with Crippen LogP contribution in [0.1, 0.15) is 34.5 Å². The number of carbonyl (C=O) groups excluding carboxylic acids is 1. The van der Waals surface area contributed by atoms with Gasteiger partial charge in [0.2, 0.25) is 0 Å². The molecule has 3 aromatic rings. The number of ketones is 1. The maximum Gasteiger partial charge on any atom is 0.293 e. The second-order valence-corrected chi connectivity index (χ2v) is 5.81. The fourth-order valence-corrected chi connectivity index (χ4v) is 2.74. The minimum absolute atomic E-state index is 0.132. The molecule has 1 atom stereocenters. The Morgan fingerprint density at radius 3 is 2.31 bits per heavy atom. The van der Waals surface area contributed by atoms with Crippen LogP contribution in [0, 0.1) is 10.1 Å². The van der Waals surface area contributed by atoms with E-state index in [2.05, 4.69) is 10.3 Å². The summed E-state index contributed by atoms with van der Waals surface area (Å²) in [6, 6.07) is 17.6. The summed E-state index contributed by atoms with van der Waals surface area (Å²) < 4.78 is 0. The number of aromatic nitrogens is 1. The van der Waals surface area contributed by atoms with E-state index in [4.69, 9.17) is 0 Å². The van der Waals surface area contributed by atoms with Crippen molar-refractivity contribution < 1.29 is 9.72 Å². The lowest BCUT2D eigenvalue weighted by Crippen LogP contribution is -2.14. The highest BCUT2D eigenvalue weighted by molar-refractivity contribution is 5.95. The Morgan fingerprint density at radius 1 is 1.04 bits per heavy atom. The summed E-state index contributed by atoms with van der Waals surface area (Å²) >= 11 is 0. The topological polar surface area (TPSA) is 85.1 Å². The van der Waals surface area contributed by atoms with E-state index >= 15 is 0 Å². The minimum atomic E-state index is -0.483. The van der Waals surface area contributed by atoms with Gasteiger partial charge in [-0.25, -0.2) is 0 Å². The molecule has 130 valence electrons. The van der Waals surface area contributed by atoms with Gasteiger partial charge in [-0.05, 0) is 42.3 Å². The van der Waals surface area contributed by atoms with Gasteiger partial charge in [0.1, 0.15) is 5.69 Å². The van der Waals surface area contributed by atoms with Crippen LogP contribution in [0.2, 0.25) is 0 Å². The highest BCUT2D eigenvalue weighted by Gasteiger charge is 2.21. The Bertz CT molecular complexity index is 888. The number of carbonyl (C=O) groups is 1. The van der Waals surface area contributed by atoms with Gasteiger partial charge in [-0.15, -0.1) is 0 Å². The number of hydrogen-bond donors (Lipinski definition) is 1. The Kier molecular flexibility index (Phi) is 5.03. The van der Waals surface area contributed by atoms with Crippen molar-refractivity contribution in [3.05, 3.63) is 99.9 Å². The second kappa shape index (κ2) is 7.57. The molecular formula is C20H17N3O3. The molecule has 0 aliphatic heterocycles. The van der Waals surface area contributed by atoms with Gasteiger partial charge in [-0.2, -0.15) is 0 Å². The lowest BCUT2D eigenvalue weighted by Gasteiger charge is -2.21. The van der Waals surface area contributed by atoms with Crippen LogP contribution in [-0.4, -0.2) is 15.7 Å². The molecule has 0 aliphatic carbocycles. The normalized spacial score (nSPS) is 11.6. The Morgan fingerprint density at radius 2 is 1.69 bits per heavy atom. The number of rotatable bonds is 6. The van der Waals surface area contributed by atoms with Crippen molar-refractivity contribution in [3.63, 3.8) is 0 Å². The van der Waals surface area contributed by atoms with E-state index in [1.807, 2.05) is 42.5 Å². The van der Waals surface area contributed by atoms with E-state index in [9.17, 15) is 14.9 Å². The van der Waals surface area contributed by atoms with Gasteiger partial charge in [0.05, 0.1) is 11.0 Å². The summed E-state index contributed by atoms with van der Waals surface area (Å²) in [5.74, 6) is -0.214. The minimum Gasteiger partial charge on any atom is -0.369 e. The van der Waals surface area contributed by atoms with Gasteiger partial charge in [0.15, 0.2) is 5.78 Å². The third-order valence-electron chi connectivity index (χ3n) is 4.07.